The van der Waals surface area contributed by atoms with Gasteiger partial charge in [-0.2, -0.15) is 0 Å². The van der Waals surface area contributed by atoms with Gasteiger partial charge >= 0.3 is 0 Å². The molecule has 2 fully saturated rings. The lowest BCUT2D eigenvalue weighted by molar-refractivity contribution is -0.895. The summed E-state index contributed by atoms with van der Waals surface area (Å²) in [5.41, 5.74) is 6.30. The number of hydrogen-bond donors (Lipinski definition) is 2. The van der Waals surface area contributed by atoms with Crippen molar-refractivity contribution in [1.82, 2.24) is 9.47 Å². The van der Waals surface area contributed by atoms with E-state index in [1.807, 2.05) is 30.0 Å². The molecule has 2 N–H and O–H groups in total. The number of nitrogens with one attached hydrogen (secondary N) is 2. The Balaban J connectivity index is 1.32. The van der Waals surface area contributed by atoms with Crippen LogP contribution in [0.1, 0.15) is 51.8 Å². The van der Waals surface area contributed by atoms with Crippen LogP contribution in [0.15, 0.2) is 24.3 Å². The fourth-order valence-corrected chi connectivity index (χ4v) is 4.57. The van der Waals surface area contributed by atoms with Gasteiger partial charge in [-0.3, -0.25) is 9.59 Å². The Kier molecular flexibility index (Phi) is 5.69. The molecular formula is C24H33N4O2+. The quantitative estimate of drug-likeness (QED) is 0.794. The van der Waals surface area contributed by atoms with Crippen molar-refractivity contribution in [1.29, 1.82) is 0 Å². The van der Waals surface area contributed by atoms with Gasteiger partial charge < -0.3 is 19.7 Å². The molecule has 1 aromatic carbocycles. The molecule has 1 aromatic heterocycles. The number of anilines is 1. The molecule has 1 saturated heterocycles. The van der Waals surface area contributed by atoms with Crippen molar-refractivity contribution in [3.05, 3.63) is 52.3 Å². The summed E-state index contributed by atoms with van der Waals surface area (Å²) in [6.45, 7) is 11.7. The highest BCUT2D eigenvalue weighted by Crippen LogP contribution is 2.38. The van der Waals surface area contributed by atoms with Gasteiger partial charge in [0, 0.05) is 23.1 Å². The van der Waals surface area contributed by atoms with E-state index in [9.17, 15) is 9.59 Å². The second kappa shape index (κ2) is 8.26. The lowest BCUT2D eigenvalue weighted by Gasteiger charge is -2.32. The third-order valence-electron chi connectivity index (χ3n) is 6.67. The maximum atomic E-state index is 13.1. The Hall–Kier alpha value is -2.60. The lowest BCUT2D eigenvalue weighted by Crippen LogP contribution is -3.15. The van der Waals surface area contributed by atoms with Gasteiger partial charge in [-0.15, -0.1) is 0 Å². The lowest BCUT2D eigenvalue weighted by atomic mass is 10.1. The number of aryl methyl sites for hydroxylation is 2. The molecule has 0 bridgehead atoms. The van der Waals surface area contributed by atoms with Crippen LogP contribution in [0.25, 0.3) is 0 Å². The third kappa shape index (κ3) is 4.15. The first-order valence-electron chi connectivity index (χ1n) is 11.0. The third-order valence-corrected chi connectivity index (χ3v) is 6.67. The second-order valence-electron chi connectivity index (χ2n) is 8.90. The highest BCUT2D eigenvalue weighted by molar-refractivity contribution is 5.96. The molecule has 2 aromatic rings. The van der Waals surface area contributed by atoms with Crippen LogP contribution in [-0.2, 0) is 4.79 Å². The Bertz CT molecular complexity index is 966. The van der Waals surface area contributed by atoms with Gasteiger partial charge in [-0.25, -0.2) is 0 Å². The number of rotatable bonds is 5. The Labute approximate surface area is 178 Å². The topological polar surface area (TPSA) is 58.8 Å². The monoisotopic (exact) mass is 409 g/mol. The summed E-state index contributed by atoms with van der Waals surface area (Å²) in [5.74, 6) is 0.167. The van der Waals surface area contributed by atoms with E-state index >= 15 is 0 Å². The van der Waals surface area contributed by atoms with Crippen molar-refractivity contribution >= 4 is 17.5 Å². The minimum atomic E-state index is 0.0338. The van der Waals surface area contributed by atoms with E-state index in [0.717, 1.165) is 35.6 Å². The number of amides is 2. The van der Waals surface area contributed by atoms with E-state index in [4.69, 9.17) is 0 Å². The van der Waals surface area contributed by atoms with E-state index in [1.54, 1.807) is 0 Å². The Morgan fingerprint density at radius 1 is 1.10 bits per heavy atom. The molecule has 6 heteroatoms. The van der Waals surface area contributed by atoms with Crippen LogP contribution in [0.4, 0.5) is 5.69 Å². The van der Waals surface area contributed by atoms with Gasteiger partial charge in [0.15, 0.2) is 6.54 Å². The number of nitrogens with zero attached hydrogens (tertiary/aromatic N) is 2. The van der Waals surface area contributed by atoms with Crippen molar-refractivity contribution in [2.75, 3.05) is 38.0 Å². The number of carbonyl (C=O) groups is 2. The molecule has 1 saturated carbocycles. The largest absolute Gasteiger partial charge is 0.345 e. The summed E-state index contributed by atoms with van der Waals surface area (Å²) in [4.78, 5) is 28.8. The van der Waals surface area contributed by atoms with Crippen LogP contribution in [0.5, 0.6) is 0 Å². The Morgan fingerprint density at radius 2 is 1.80 bits per heavy atom. The van der Waals surface area contributed by atoms with E-state index in [1.165, 1.54) is 29.0 Å². The number of carbonyl (C=O) groups excluding carboxylic acids is 2. The summed E-state index contributed by atoms with van der Waals surface area (Å²) >= 11 is 0. The van der Waals surface area contributed by atoms with Gasteiger partial charge in [0.2, 0.25) is 0 Å². The first-order chi connectivity index (χ1) is 14.3. The van der Waals surface area contributed by atoms with E-state index < -0.39 is 0 Å². The number of quaternary nitrogens is 1. The fourth-order valence-electron chi connectivity index (χ4n) is 4.57. The fraction of sp³-hybridized carbons (Fsp3) is 0.500. The maximum Gasteiger partial charge on any atom is 0.279 e. The predicted octanol–water partition coefficient (Wildman–Crippen LogP) is 2.04. The number of hydrogen-bond acceptors (Lipinski definition) is 2. The molecule has 2 aliphatic rings. The molecule has 2 amide bonds. The minimum absolute atomic E-state index is 0.0338. The summed E-state index contributed by atoms with van der Waals surface area (Å²) in [6.07, 6.45) is 2.44. The van der Waals surface area contributed by atoms with Crippen molar-refractivity contribution < 1.29 is 14.5 Å². The molecule has 30 heavy (non-hydrogen) atoms. The van der Waals surface area contributed by atoms with Gasteiger partial charge in [-0.05, 0) is 63.8 Å². The average molecular weight is 410 g/mol. The predicted molar refractivity (Wildman–Crippen MR) is 118 cm³/mol. The molecular weight excluding hydrogens is 376 g/mol. The van der Waals surface area contributed by atoms with Crippen molar-refractivity contribution in [3.8, 4) is 0 Å². The zero-order chi connectivity index (χ0) is 21.4. The standard InChI is InChI=1S/C24H32N4O2/c1-16-6-5-7-22(18(16)3)25-23(29)15-26-10-12-27(13-11-26)24(30)21-14-17(2)28(19(21)4)20-8-9-20/h5-7,14,20H,8-13,15H2,1-4H3,(H,25,29)/p+1. The Morgan fingerprint density at radius 3 is 2.47 bits per heavy atom. The van der Waals surface area contributed by atoms with Crippen LogP contribution < -0.4 is 10.2 Å². The maximum absolute atomic E-state index is 13.1. The highest BCUT2D eigenvalue weighted by atomic mass is 16.2. The summed E-state index contributed by atoms with van der Waals surface area (Å²) in [5, 5.41) is 3.05. The summed E-state index contributed by atoms with van der Waals surface area (Å²) in [6, 6.07) is 8.60. The first kappa shape index (κ1) is 20.7. The van der Waals surface area contributed by atoms with Gasteiger partial charge in [0.05, 0.1) is 31.7 Å². The second-order valence-corrected chi connectivity index (χ2v) is 8.90. The zero-order valence-corrected chi connectivity index (χ0v) is 18.5. The minimum Gasteiger partial charge on any atom is -0.345 e. The molecule has 0 atom stereocenters. The van der Waals surface area contributed by atoms with Crippen molar-refractivity contribution in [2.24, 2.45) is 0 Å². The molecule has 0 unspecified atom stereocenters. The van der Waals surface area contributed by atoms with Gasteiger partial charge in [-0.1, -0.05) is 12.1 Å². The van der Waals surface area contributed by atoms with E-state index in [-0.39, 0.29) is 11.8 Å². The van der Waals surface area contributed by atoms with Crippen LogP contribution in [-0.4, -0.2) is 54.0 Å². The SMILES string of the molecule is Cc1cccc(NC(=O)C[NH+]2CCN(C(=O)c3cc(C)n(C4CC4)c3C)CC2)c1C. The van der Waals surface area contributed by atoms with E-state index in [2.05, 4.69) is 36.7 Å². The first-order valence-corrected chi connectivity index (χ1v) is 11.0. The number of benzene rings is 1. The van der Waals surface area contributed by atoms with Crippen LogP contribution in [0, 0.1) is 27.7 Å². The molecule has 0 radical (unpaired) electrons. The average Bonchev–Trinajstić information content (AvgIpc) is 3.50. The van der Waals surface area contributed by atoms with E-state index in [0.29, 0.717) is 25.7 Å². The molecule has 1 aliphatic heterocycles. The molecule has 4 rings (SSSR count). The summed E-state index contributed by atoms with van der Waals surface area (Å²) in [7, 11) is 0. The summed E-state index contributed by atoms with van der Waals surface area (Å²) < 4.78 is 2.33. The molecule has 1 aliphatic carbocycles. The smallest absolute Gasteiger partial charge is 0.279 e. The molecule has 2 heterocycles. The highest BCUT2D eigenvalue weighted by Gasteiger charge is 2.31. The number of piperazine rings is 1. The van der Waals surface area contributed by atoms with Crippen LogP contribution in [0.3, 0.4) is 0 Å². The van der Waals surface area contributed by atoms with Crippen LogP contribution >= 0.6 is 0 Å². The molecule has 6 nitrogen and oxygen atoms in total. The van der Waals surface area contributed by atoms with Crippen LogP contribution in [0.2, 0.25) is 0 Å². The van der Waals surface area contributed by atoms with Crippen molar-refractivity contribution in [2.45, 2.75) is 46.6 Å². The van der Waals surface area contributed by atoms with Gasteiger partial charge in [0.25, 0.3) is 11.8 Å². The van der Waals surface area contributed by atoms with Gasteiger partial charge in [0.1, 0.15) is 0 Å². The zero-order valence-electron chi connectivity index (χ0n) is 18.5. The molecule has 0 spiro atoms. The van der Waals surface area contributed by atoms with Crippen molar-refractivity contribution in [3.63, 3.8) is 0 Å². The normalized spacial score (nSPS) is 17.3. The molecule has 160 valence electrons. The number of aromatic nitrogens is 1.